The van der Waals surface area contributed by atoms with Crippen molar-refractivity contribution in [2.24, 2.45) is 0 Å². The number of carbonyl (C=O) groups excluding carboxylic acids is 2. The van der Waals surface area contributed by atoms with Crippen LogP contribution >= 0.6 is 0 Å². The number of hydrogen-bond donors (Lipinski definition) is 2. The molecular formula is C17H17N3O4. The molecule has 24 heavy (non-hydrogen) atoms. The normalized spacial score (nSPS) is 11.0. The van der Waals surface area contributed by atoms with Gasteiger partial charge >= 0.3 is 0 Å². The van der Waals surface area contributed by atoms with Crippen molar-refractivity contribution < 1.29 is 18.4 Å². The SMILES string of the molecule is CC(C)c1nc2cc(NC(=O)CNC(=O)c3ccco3)ccc2o1. The summed E-state index contributed by atoms with van der Waals surface area (Å²) >= 11 is 0. The summed E-state index contributed by atoms with van der Waals surface area (Å²) in [7, 11) is 0. The Morgan fingerprint density at radius 1 is 1.25 bits per heavy atom. The summed E-state index contributed by atoms with van der Waals surface area (Å²) < 4.78 is 10.6. The zero-order valence-electron chi connectivity index (χ0n) is 13.3. The number of carbonyl (C=O) groups is 2. The van der Waals surface area contributed by atoms with E-state index in [1.165, 1.54) is 12.3 Å². The molecule has 2 aromatic heterocycles. The predicted octanol–water partition coefficient (Wildman–Crippen LogP) is 2.91. The molecule has 1 aromatic carbocycles. The van der Waals surface area contributed by atoms with Crippen LogP contribution in [0.15, 0.2) is 45.4 Å². The van der Waals surface area contributed by atoms with Crippen LogP contribution in [0.25, 0.3) is 11.1 Å². The first-order valence-electron chi connectivity index (χ1n) is 7.55. The number of fused-ring (bicyclic) bond motifs is 1. The highest BCUT2D eigenvalue weighted by molar-refractivity contribution is 5.98. The maximum absolute atomic E-state index is 11.9. The van der Waals surface area contributed by atoms with Gasteiger partial charge in [0, 0.05) is 11.6 Å². The molecule has 0 saturated heterocycles. The van der Waals surface area contributed by atoms with E-state index in [4.69, 9.17) is 8.83 Å². The maximum atomic E-state index is 11.9. The van der Waals surface area contributed by atoms with E-state index >= 15 is 0 Å². The minimum Gasteiger partial charge on any atom is -0.459 e. The first-order chi connectivity index (χ1) is 11.5. The van der Waals surface area contributed by atoms with E-state index in [0.29, 0.717) is 22.7 Å². The predicted molar refractivity (Wildman–Crippen MR) is 87.8 cm³/mol. The van der Waals surface area contributed by atoms with E-state index in [-0.39, 0.29) is 24.1 Å². The molecule has 0 saturated carbocycles. The summed E-state index contributed by atoms with van der Waals surface area (Å²) in [5.41, 5.74) is 1.93. The van der Waals surface area contributed by atoms with Gasteiger partial charge in [0.1, 0.15) is 5.52 Å². The minimum atomic E-state index is -0.441. The molecule has 0 bridgehead atoms. The van der Waals surface area contributed by atoms with Crippen molar-refractivity contribution in [2.75, 3.05) is 11.9 Å². The van der Waals surface area contributed by atoms with Gasteiger partial charge in [-0.2, -0.15) is 0 Å². The van der Waals surface area contributed by atoms with Crippen LogP contribution in [0.3, 0.4) is 0 Å². The third-order valence-corrected chi connectivity index (χ3v) is 3.34. The van der Waals surface area contributed by atoms with E-state index < -0.39 is 5.91 Å². The Balaban J connectivity index is 1.61. The topological polar surface area (TPSA) is 97.4 Å². The van der Waals surface area contributed by atoms with Crippen molar-refractivity contribution >= 4 is 28.6 Å². The van der Waals surface area contributed by atoms with Crippen molar-refractivity contribution in [1.82, 2.24) is 10.3 Å². The van der Waals surface area contributed by atoms with Crippen molar-refractivity contribution in [3.05, 3.63) is 48.2 Å². The van der Waals surface area contributed by atoms with Gasteiger partial charge in [-0.15, -0.1) is 0 Å². The van der Waals surface area contributed by atoms with Crippen LogP contribution in [0, 0.1) is 0 Å². The number of furan rings is 1. The van der Waals surface area contributed by atoms with Gasteiger partial charge in [-0.25, -0.2) is 4.98 Å². The van der Waals surface area contributed by atoms with E-state index in [9.17, 15) is 9.59 Å². The van der Waals surface area contributed by atoms with E-state index in [0.717, 1.165) is 0 Å². The quantitative estimate of drug-likeness (QED) is 0.751. The second kappa shape index (κ2) is 6.57. The largest absolute Gasteiger partial charge is 0.459 e. The molecule has 0 aliphatic carbocycles. The van der Waals surface area contributed by atoms with Gasteiger partial charge in [-0.1, -0.05) is 13.8 Å². The van der Waals surface area contributed by atoms with Crippen LogP contribution in [-0.4, -0.2) is 23.3 Å². The van der Waals surface area contributed by atoms with Crippen molar-refractivity contribution in [3.63, 3.8) is 0 Å². The Hall–Kier alpha value is -3.09. The average Bonchev–Trinajstić information content (AvgIpc) is 3.21. The van der Waals surface area contributed by atoms with Gasteiger partial charge in [-0.05, 0) is 30.3 Å². The summed E-state index contributed by atoms with van der Waals surface area (Å²) in [5, 5.41) is 5.19. The number of rotatable bonds is 5. The first-order valence-corrected chi connectivity index (χ1v) is 7.55. The lowest BCUT2D eigenvalue weighted by Crippen LogP contribution is -2.32. The van der Waals surface area contributed by atoms with Crippen molar-refractivity contribution in [1.29, 1.82) is 0 Å². The summed E-state index contributed by atoms with van der Waals surface area (Å²) in [6, 6.07) is 8.34. The molecule has 0 atom stereocenters. The van der Waals surface area contributed by atoms with E-state index in [2.05, 4.69) is 15.6 Å². The van der Waals surface area contributed by atoms with Crippen LogP contribution in [0.2, 0.25) is 0 Å². The molecule has 7 nitrogen and oxygen atoms in total. The molecule has 2 N–H and O–H groups in total. The third-order valence-electron chi connectivity index (χ3n) is 3.34. The lowest BCUT2D eigenvalue weighted by molar-refractivity contribution is -0.115. The maximum Gasteiger partial charge on any atom is 0.287 e. The monoisotopic (exact) mass is 327 g/mol. The number of aromatic nitrogens is 1. The number of nitrogens with one attached hydrogen (secondary N) is 2. The van der Waals surface area contributed by atoms with E-state index in [1.807, 2.05) is 13.8 Å². The molecule has 124 valence electrons. The number of anilines is 1. The van der Waals surface area contributed by atoms with Crippen LogP contribution < -0.4 is 10.6 Å². The highest BCUT2D eigenvalue weighted by Gasteiger charge is 2.12. The molecule has 0 spiro atoms. The lowest BCUT2D eigenvalue weighted by atomic mass is 10.2. The number of hydrogen-bond acceptors (Lipinski definition) is 5. The Bertz CT molecular complexity index is 865. The average molecular weight is 327 g/mol. The highest BCUT2D eigenvalue weighted by Crippen LogP contribution is 2.23. The molecule has 2 amide bonds. The molecule has 2 heterocycles. The number of amides is 2. The van der Waals surface area contributed by atoms with Crippen LogP contribution in [0.4, 0.5) is 5.69 Å². The van der Waals surface area contributed by atoms with Gasteiger partial charge in [0.2, 0.25) is 5.91 Å². The minimum absolute atomic E-state index is 0.159. The van der Waals surface area contributed by atoms with Gasteiger partial charge < -0.3 is 19.5 Å². The van der Waals surface area contributed by atoms with Crippen LogP contribution in [-0.2, 0) is 4.79 Å². The number of nitrogens with zero attached hydrogens (tertiary/aromatic N) is 1. The standard InChI is InChI=1S/C17H17N3O4/c1-10(2)17-20-12-8-11(5-6-13(12)24-17)19-15(21)9-18-16(22)14-4-3-7-23-14/h3-8,10H,9H2,1-2H3,(H,18,22)(H,19,21). The Kier molecular flexibility index (Phi) is 4.33. The second-order valence-electron chi connectivity index (χ2n) is 5.60. The molecule has 0 unspecified atom stereocenters. The number of benzene rings is 1. The third kappa shape index (κ3) is 3.45. The number of oxazole rings is 1. The molecule has 7 heteroatoms. The highest BCUT2D eigenvalue weighted by atomic mass is 16.3. The fraction of sp³-hybridized carbons (Fsp3) is 0.235. The molecular weight excluding hydrogens is 310 g/mol. The summed E-state index contributed by atoms with van der Waals surface area (Å²) in [6.45, 7) is 3.83. The van der Waals surface area contributed by atoms with Crippen LogP contribution in [0.1, 0.15) is 36.2 Å². The van der Waals surface area contributed by atoms with Gasteiger partial charge in [0.15, 0.2) is 17.2 Å². The first kappa shape index (κ1) is 15.8. The van der Waals surface area contributed by atoms with E-state index in [1.54, 1.807) is 24.3 Å². The lowest BCUT2D eigenvalue weighted by Gasteiger charge is -2.05. The molecule has 0 aliphatic rings. The zero-order chi connectivity index (χ0) is 17.1. The molecule has 3 aromatic rings. The summed E-state index contributed by atoms with van der Waals surface area (Å²) in [4.78, 5) is 28.0. The molecule has 3 rings (SSSR count). The fourth-order valence-electron chi connectivity index (χ4n) is 2.13. The molecule has 0 fully saturated rings. The van der Waals surface area contributed by atoms with Crippen molar-refractivity contribution in [2.45, 2.75) is 19.8 Å². The van der Waals surface area contributed by atoms with Gasteiger partial charge in [-0.3, -0.25) is 9.59 Å². The smallest absolute Gasteiger partial charge is 0.287 e. The Morgan fingerprint density at radius 2 is 2.08 bits per heavy atom. The zero-order valence-corrected chi connectivity index (χ0v) is 13.3. The van der Waals surface area contributed by atoms with Gasteiger partial charge in [0.25, 0.3) is 5.91 Å². The summed E-state index contributed by atoms with van der Waals surface area (Å²) in [6.07, 6.45) is 1.40. The van der Waals surface area contributed by atoms with Crippen molar-refractivity contribution in [3.8, 4) is 0 Å². The fourth-order valence-corrected chi connectivity index (χ4v) is 2.13. The second-order valence-corrected chi connectivity index (χ2v) is 5.60. The molecule has 0 aliphatic heterocycles. The molecule has 0 radical (unpaired) electrons. The Morgan fingerprint density at radius 3 is 2.79 bits per heavy atom. The van der Waals surface area contributed by atoms with Crippen LogP contribution in [0.5, 0.6) is 0 Å². The Labute approximate surface area is 138 Å². The van der Waals surface area contributed by atoms with Gasteiger partial charge in [0.05, 0.1) is 12.8 Å². The summed E-state index contributed by atoms with van der Waals surface area (Å²) in [5.74, 6) is 0.213.